The number of carbonyl (C=O) groups is 4. The molecule has 3 rings (SSSR count). The molecule has 0 aliphatic heterocycles. The van der Waals surface area contributed by atoms with E-state index in [1.54, 1.807) is 34.6 Å². The van der Waals surface area contributed by atoms with Crippen LogP contribution in [0.3, 0.4) is 0 Å². The van der Waals surface area contributed by atoms with Crippen LogP contribution >= 0.6 is 0 Å². The smallest absolute Gasteiger partial charge is 0.407 e. The first-order chi connectivity index (χ1) is 17.0. The monoisotopic (exact) mass is 494 g/mol. The fourth-order valence-electron chi connectivity index (χ4n) is 4.27. The molecule has 1 aliphatic rings. The lowest BCUT2D eigenvalue weighted by Gasteiger charge is -2.24. The fraction of sp³-hybridized carbons (Fsp3) is 0.429. The first-order valence-electron chi connectivity index (χ1n) is 12.1. The zero-order valence-corrected chi connectivity index (χ0v) is 21.4. The van der Waals surface area contributed by atoms with Gasteiger partial charge in [-0.1, -0.05) is 62.4 Å². The standard InChI is InChI=1S/C28H34N2O6/c1-17(2)25(26(33)29-18(15-31)14-24(32)36-28(3,4)5)30-27(34)35-16-23-21-12-8-6-10-19(21)20-11-7-9-13-22(20)23/h6-13,15,17-18,23,25H,14,16H2,1-5H3,(H,29,33)(H,30,34)/t18-,25-/m0/s1. The van der Waals surface area contributed by atoms with E-state index in [2.05, 4.69) is 10.6 Å². The van der Waals surface area contributed by atoms with Crippen LogP contribution < -0.4 is 10.6 Å². The number of alkyl carbamates (subject to hydrolysis) is 1. The van der Waals surface area contributed by atoms with Gasteiger partial charge in [-0.15, -0.1) is 0 Å². The number of fused-ring (bicyclic) bond motifs is 3. The Morgan fingerprint density at radius 2 is 1.50 bits per heavy atom. The third-order valence-corrected chi connectivity index (χ3v) is 5.86. The van der Waals surface area contributed by atoms with Crippen LogP contribution in [0.2, 0.25) is 0 Å². The minimum Gasteiger partial charge on any atom is -0.460 e. The van der Waals surface area contributed by atoms with Crippen LogP contribution in [-0.4, -0.2) is 48.5 Å². The Morgan fingerprint density at radius 3 is 2.00 bits per heavy atom. The van der Waals surface area contributed by atoms with Crippen molar-refractivity contribution in [2.24, 2.45) is 5.92 Å². The zero-order valence-electron chi connectivity index (χ0n) is 21.4. The number of aldehydes is 1. The molecule has 192 valence electrons. The zero-order chi connectivity index (χ0) is 26.5. The summed E-state index contributed by atoms with van der Waals surface area (Å²) in [5.74, 6) is -1.59. The molecule has 0 aromatic heterocycles. The maximum absolute atomic E-state index is 12.9. The number of rotatable bonds is 9. The minimum absolute atomic E-state index is 0.109. The molecule has 0 heterocycles. The normalized spacial score (nSPS) is 14.3. The maximum atomic E-state index is 12.9. The van der Waals surface area contributed by atoms with E-state index < -0.39 is 35.7 Å². The molecule has 2 aromatic rings. The Kier molecular flexibility index (Phi) is 8.50. The van der Waals surface area contributed by atoms with Gasteiger partial charge in [-0.3, -0.25) is 9.59 Å². The van der Waals surface area contributed by atoms with Crippen molar-refractivity contribution in [3.8, 4) is 11.1 Å². The molecule has 0 unspecified atom stereocenters. The summed E-state index contributed by atoms with van der Waals surface area (Å²) in [5, 5.41) is 5.12. The van der Waals surface area contributed by atoms with Crippen LogP contribution in [0.15, 0.2) is 48.5 Å². The van der Waals surface area contributed by atoms with E-state index in [9.17, 15) is 19.2 Å². The van der Waals surface area contributed by atoms with Gasteiger partial charge in [-0.05, 0) is 48.9 Å². The number of hydrogen-bond donors (Lipinski definition) is 2. The van der Waals surface area contributed by atoms with Gasteiger partial charge in [0, 0.05) is 5.92 Å². The molecule has 2 N–H and O–H groups in total. The van der Waals surface area contributed by atoms with Gasteiger partial charge < -0.3 is 24.9 Å². The van der Waals surface area contributed by atoms with Gasteiger partial charge in [0.05, 0.1) is 12.5 Å². The van der Waals surface area contributed by atoms with Crippen LogP contribution in [0, 0.1) is 5.92 Å². The molecule has 8 nitrogen and oxygen atoms in total. The number of nitrogens with one attached hydrogen (secondary N) is 2. The molecule has 0 spiro atoms. The first-order valence-corrected chi connectivity index (χ1v) is 12.1. The molecule has 2 amide bonds. The summed E-state index contributed by atoms with van der Waals surface area (Å²) in [7, 11) is 0. The Hall–Kier alpha value is -3.68. The quantitative estimate of drug-likeness (QED) is 0.403. The average molecular weight is 495 g/mol. The van der Waals surface area contributed by atoms with Crippen LogP contribution in [0.1, 0.15) is 58.1 Å². The summed E-state index contributed by atoms with van der Waals surface area (Å²) in [6.45, 7) is 8.78. The lowest BCUT2D eigenvalue weighted by atomic mass is 9.98. The molecule has 0 fully saturated rings. The van der Waals surface area contributed by atoms with Gasteiger partial charge in [-0.2, -0.15) is 0 Å². The third kappa shape index (κ3) is 6.71. The summed E-state index contributed by atoms with van der Waals surface area (Å²) in [6, 6.07) is 14.0. The van der Waals surface area contributed by atoms with E-state index in [0.717, 1.165) is 22.3 Å². The molecular weight excluding hydrogens is 460 g/mol. The number of benzene rings is 2. The minimum atomic E-state index is -1.07. The van der Waals surface area contributed by atoms with Crippen molar-refractivity contribution < 1.29 is 28.7 Å². The fourth-order valence-corrected chi connectivity index (χ4v) is 4.27. The highest BCUT2D eigenvalue weighted by Gasteiger charge is 2.31. The molecule has 0 bridgehead atoms. The highest BCUT2D eigenvalue weighted by atomic mass is 16.6. The predicted octanol–water partition coefficient (Wildman–Crippen LogP) is 3.97. The topological polar surface area (TPSA) is 111 Å². The van der Waals surface area contributed by atoms with Crippen LogP contribution in [0.25, 0.3) is 11.1 Å². The molecule has 2 atom stereocenters. The number of hydrogen-bond acceptors (Lipinski definition) is 6. The van der Waals surface area contributed by atoms with Gasteiger partial charge in [0.1, 0.15) is 24.5 Å². The molecule has 8 heteroatoms. The van der Waals surface area contributed by atoms with Crippen molar-refractivity contribution in [1.82, 2.24) is 10.6 Å². The number of carbonyl (C=O) groups excluding carboxylic acids is 4. The highest BCUT2D eigenvalue weighted by molar-refractivity contribution is 5.89. The summed E-state index contributed by atoms with van der Waals surface area (Å²) in [4.78, 5) is 49.1. The van der Waals surface area contributed by atoms with Crippen molar-refractivity contribution in [3.05, 3.63) is 59.7 Å². The summed E-state index contributed by atoms with van der Waals surface area (Å²) in [6.07, 6.45) is -0.560. The van der Waals surface area contributed by atoms with Crippen LogP contribution in [-0.2, 0) is 23.9 Å². The summed E-state index contributed by atoms with van der Waals surface area (Å²) >= 11 is 0. The van der Waals surface area contributed by atoms with Gasteiger partial charge in [0.15, 0.2) is 0 Å². The van der Waals surface area contributed by atoms with Gasteiger partial charge in [0.25, 0.3) is 0 Å². The predicted molar refractivity (Wildman–Crippen MR) is 135 cm³/mol. The number of esters is 1. The molecule has 2 aromatic carbocycles. The van der Waals surface area contributed by atoms with Crippen molar-refractivity contribution in [1.29, 1.82) is 0 Å². The third-order valence-electron chi connectivity index (χ3n) is 5.86. The van der Waals surface area contributed by atoms with E-state index >= 15 is 0 Å². The second-order valence-electron chi connectivity index (χ2n) is 10.2. The molecule has 36 heavy (non-hydrogen) atoms. The van der Waals surface area contributed by atoms with Crippen LogP contribution in [0.5, 0.6) is 0 Å². The van der Waals surface area contributed by atoms with E-state index in [1.165, 1.54) is 0 Å². The maximum Gasteiger partial charge on any atom is 0.407 e. The van der Waals surface area contributed by atoms with E-state index in [0.29, 0.717) is 6.29 Å². The summed E-state index contributed by atoms with van der Waals surface area (Å²) < 4.78 is 10.8. The molecule has 1 aliphatic carbocycles. The van der Waals surface area contributed by atoms with E-state index in [4.69, 9.17) is 9.47 Å². The Balaban J connectivity index is 1.60. The lowest BCUT2D eigenvalue weighted by Crippen LogP contribution is -2.53. The molecular formula is C28H34N2O6. The number of ether oxygens (including phenoxy) is 2. The second kappa shape index (κ2) is 11.4. The van der Waals surface area contributed by atoms with Gasteiger partial charge >= 0.3 is 12.1 Å². The average Bonchev–Trinajstić information content (AvgIpc) is 3.13. The molecule has 0 radical (unpaired) electrons. The van der Waals surface area contributed by atoms with Crippen LogP contribution in [0.4, 0.5) is 4.79 Å². The van der Waals surface area contributed by atoms with E-state index in [-0.39, 0.29) is 24.9 Å². The van der Waals surface area contributed by atoms with Crippen molar-refractivity contribution in [3.63, 3.8) is 0 Å². The largest absolute Gasteiger partial charge is 0.460 e. The van der Waals surface area contributed by atoms with Crippen molar-refractivity contribution in [2.45, 2.75) is 64.6 Å². The Bertz CT molecular complexity index is 1080. The first kappa shape index (κ1) is 26.9. The highest BCUT2D eigenvalue weighted by Crippen LogP contribution is 2.44. The van der Waals surface area contributed by atoms with Gasteiger partial charge in [-0.25, -0.2) is 4.79 Å². The number of amides is 2. The van der Waals surface area contributed by atoms with Crippen molar-refractivity contribution >= 4 is 24.3 Å². The van der Waals surface area contributed by atoms with Crippen molar-refractivity contribution in [2.75, 3.05) is 6.61 Å². The van der Waals surface area contributed by atoms with Gasteiger partial charge in [0.2, 0.25) is 5.91 Å². The molecule has 0 saturated carbocycles. The Labute approximate surface area is 211 Å². The Morgan fingerprint density at radius 1 is 0.944 bits per heavy atom. The van der Waals surface area contributed by atoms with E-state index in [1.807, 2.05) is 48.5 Å². The second-order valence-corrected chi connectivity index (χ2v) is 10.2. The SMILES string of the molecule is CC(C)[C@H](NC(=O)OCC1c2ccccc2-c2ccccc21)C(=O)N[C@H](C=O)CC(=O)OC(C)(C)C. The molecule has 0 saturated heterocycles. The summed E-state index contributed by atoms with van der Waals surface area (Å²) in [5.41, 5.74) is 3.69. The lowest BCUT2D eigenvalue weighted by molar-refractivity contribution is -0.156.